The van der Waals surface area contributed by atoms with Gasteiger partial charge in [-0.15, -0.1) is 0 Å². The summed E-state index contributed by atoms with van der Waals surface area (Å²) in [5, 5.41) is 5.83. The number of nitrogens with zero attached hydrogens (tertiary/aromatic N) is 2. The molecule has 0 aliphatic heterocycles. The van der Waals surface area contributed by atoms with Crippen molar-refractivity contribution in [3.63, 3.8) is 0 Å². The first-order valence-corrected chi connectivity index (χ1v) is 6.36. The fourth-order valence-corrected chi connectivity index (χ4v) is 1.54. The first kappa shape index (κ1) is 16.1. The Hall–Kier alpha value is -1.93. The van der Waals surface area contributed by atoms with Crippen molar-refractivity contribution in [2.45, 2.75) is 39.5 Å². The van der Waals surface area contributed by atoms with Gasteiger partial charge in [0.25, 0.3) is 0 Å². The number of carbonyl (C=O) groups excluding carboxylic acids is 1. The number of hydrazine groups is 1. The third-order valence-electron chi connectivity index (χ3n) is 2.38. The predicted molar refractivity (Wildman–Crippen MR) is 76.9 cm³/mol. The Balaban J connectivity index is 2.80. The van der Waals surface area contributed by atoms with E-state index in [2.05, 4.69) is 26.0 Å². The number of methoxy groups -OCH3 is 1. The Morgan fingerprint density at radius 1 is 1.35 bits per heavy atom. The smallest absolute Gasteiger partial charge is 0.242 e. The molecule has 1 heterocycles. The molecule has 0 saturated carbocycles. The van der Waals surface area contributed by atoms with Gasteiger partial charge in [0.2, 0.25) is 5.91 Å². The number of nitrogen functional groups attached to an aromatic ring is 1. The standard InChI is InChI=1S/C12H22N6O2/c1-7(2)14-12(19)8(3)15-9-5-10(18-13)17-11(16-9)6-20-4/h5,7-8H,6,13H2,1-4H3,(H,14,19)(H2,15,16,17,18). The Morgan fingerprint density at radius 3 is 2.55 bits per heavy atom. The molecule has 8 nitrogen and oxygen atoms in total. The number of anilines is 2. The van der Waals surface area contributed by atoms with Crippen molar-refractivity contribution in [1.29, 1.82) is 0 Å². The van der Waals surface area contributed by atoms with Gasteiger partial charge in [0.1, 0.15) is 24.3 Å². The van der Waals surface area contributed by atoms with Crippen LogP contribution in [0, 0.1) is 0 Å². The summed E-state index contributed by atoms with van der Waals surface area (Å²) in [5.74, 6) is 6.68. The molecule has 1 aromatic heterocycles. The molecule has 0 spiro atoms. The number of nitrogens with one attached hydrogen (secondary N) is 3. The normalized spacial score (nSPS) is 12.1. The quantitative estimate of drug-likeness (QED) is 0.418. The van der Waals surface area contributed by atoms with Crippen LogP contribution in [0.25, 0.3) is 0 Å². The fraction of sp³-hybridized carbons (Fsp3) is 0.583. The molecular formula is C12H22N6O2. The van der Waals surface area contributed by atoms with Crippen molar-refractivity contribution in [2.24, 2.45) is 5.84 Å². The van der Waals surface area contributed by atoms with Gasteiger partial charge >= 0.3 is 0 Å². The number of rotatable bonds is 7. The summed E-state index contributed by atoms with van der Waals surface area (Å²) in [5.41, 5.74) is 2.45. The zero-order chi connectivity index (χ0) is 15.1. The summed E-state index contributed by atoms with van der Waals surface area (Å²) in [6.07, 6.45) is 0. The first-order chi connectivity index (χ1) is 9.46. The molecule has 0 aromatic carbocycles. The Bertz CT molecular complexity index is 452. The third kappa shape index (κ3) is 4.98. The van der Waals surface area contributed by atoms with Crippen molar-refractivity contribution in [2.75, 3.05) is 17.9 Å². The lowest BCUT2D eigenvalue weighted by Crippen LogP contribution is -2.41. The molecule has 0 saturated heterocycles. The molecule has 5 N–H and O–H groups in total. The van der Waals surface area contributed by atoms with Crippen LogP contribution >= 0.6 is 0 Å². The van der Waals surface area contributed by atoms with E-state index in [0.29, 0.717) is 17.5 Å². The SMILES string of the molecule is COCc1nc(NN)cc(NC(C)C(=O)NC(C)C)n1. The molecule has 1 unspecified atom stereocenters. The monoisotopic (exact) mass is 282 g/mol. The van der Waals surface area contributed by atoms with Gasteiger partial charge in [-0.25, -0.2) is 15.8 Å². The van der Waals surface area contributed by atoms with Crippen molar-refractivity contribution in [3.05, 3.63) is 11.9 Å². The molecule has 8 heteroatoms. The lowest BCUT2D eigenvalue weighted by Gasteiger charge is -2.17. The summed E-state index contributed by atoms with van der Waals surface area (Å²) in [6, 6.07) is 1.29. The summed E-state index contributed by atoms with van der Waals surface area (Å²) in [4.78, 5) is 20.2. The number of nitrogens with two attached hydrogens (primary N) is 1. The largest absolute Gasteiger partial charge is 0.377 e. The molecule has 0 fully saturated rings. The van der Waals surface area contributed by atoms with Crippen molar-refractivity contribution < 1.29 is 9.53 Å². The second kappa shape index (κ2) is 7.61. The highest BCUT2D eigenvalue weighted by molar-refractivity contribution is 5.84. The second-order valence-electron chi connectivity index (χ2n) is 4.66. The Morgan fingerprint density at radius 2 is 2.00 bits per heavy atom. The molecule has 0 radical (unpaired) electrons. The maximum Gasteiger partial charge on any atom is 0.242 e. The first-order valence-electron chi connectivity index (χ1n) is 6.36. The molecule has 1 atom stereocenters. The average molecular weight is 282 g/mol. The summed E-state index contributed by atoms with van der Waals surface area (Å²) in [7, 11) is 1.55. The lowest BCUT2D eigenvalue weighted by atomic mass is 10.3. The number of amides is 1. The molecule has 20 heavy (non-hydrogen) atoms. The molecule has 0 bridgehead atoms. The van der Waals surface area contributed by atoms with Crippen molar-refractivity contribution >= 4 is 17.5 Å². The number of carbonyl (C=O) groups is 1. The highest BCUT2D eigenvalue weighted by Crippen LogP contribution is 2.12. The molecule has 1 rings (SSSR count). The molecule has 1 amide bonds. The van der Waals surface area contributed by atoms with Crippen LogP contribution in [-0.4, -0.2) is 35.1 Å². The highest BCUT2D eigenvalue weighted by Gasteiger charge is 2.15. The van der Waals surface area contributed by atoms with Crippen LogP contribution in [0.15, 0.2) is 6.07 Å². The van der Waals surface area contributed by atoms with Gasteiger partial charge in [-0.3, -0.25) is 4.79 Å². The third-order valence-corrected chi connectivity index (χ3v) is 2.38. The summed E-state index contributed by atoms with van der Waals surface area (Å²) >= 11 is 0. The van der Waals surface area contributed by atoms with E-state index in [-0.39, 0.29) is 18.6 Å². The van der Waals surface area contributed by atoms with Crippen LogP contribution < -0.4 is 21.9 Å². The number of aromatic nitrogens is 2. The number of hydrogen-bond donors (Lipinski definition) is 4. The molecule has 112 valence electrons. The Labute approximate surface area is 118 Å². The van der Waals surface area contributed by atoms with Crippen LogP contribution in [0.5, 0.6) is 0 Å². The number of hydrogen-bond acceptors (Lipinski definition) is 7. The van der Waals surface area contributed by atoms with Gasteiger partial charge in [0.15, 0.2) is 5.82 Å². The molecular weight excluding hydrogens is 260 g/mol. The van der Waals surface area contributed by atoms with Gasteiger partial charge in [-0.2, -0.15) is 0 Å². The molecule has 0 aliphatic carbocycles. The van der Waals surface area contributed by atoms with E-state index in [0.717, 1.165) is 0 Å². The van der Waals surface area contributed by atoms with E-state index < -0.39 is 6.04 Å². The maximum absolute atomic E-state index is 11.8. The van der Waals surface area contributed by atoms with Crippen LogP contribution in [0.3, 0.4) is 0 Å². The van der Waals surface area contributed by atoms with Gasteiger partial charge in [-0.1, -0.05) is 0 Å². The lowest BCUT2D eigenvalue weighted by molar-refractivity contribution is -0.122. The van der Waals surface area contributed by atoms with Crippen LogP contribution in [0.1, 0.15) is 26.6 Å². The van der Waals surface area contributed by atoms with Crippen molar-refractivity contribution in [1.82, 2.24) is 15.3 Å². The van der Waals surface area contributed by atoms with Gasteiger partial charge in [0.05, 0.1) is 0 Å². The minimum atomic E-state index is -0.423. The Kier molecular flexibility index (Phi) is 6.13. The van der Waals surface area contributed by atoms with Crippen LogP contribution in [-0.2, 0) is 16.1 Å². The predicted octanol–water partition coefficient (Wildman–Crippen LogP) is 0.234. The minimum Gasteiger partial charge on any atom is -0.377 e. The van der Waals surface area contributed by atoms with E-state index in [4.69, 9.17) is 10.6 Å². The van der Waals surface area contributed by atoms with E-state index in [1.54, 1.807) is 20.1 Å². The topological polar surface area (TPSA) is 114 Å². The van der Waals surface area contributed by atoms with Crippen LogP contribution in [0.4, 0.5) is 11.6 Å². The second-order valence-corrected chi connectivity index (χ2v) is 4.66. The summed E-state index contributed by atoms with van der Waals surface area (Å²) in [6.45, 7) is 5.83. The van der Waals surface area contributed by atoms with Gasteiger partial charge in [-0.05, 0) is 20.8 Å². The average Bonchev–Trinajstić information content (AvgIpc) is 2.37. The zero-order valence-electron chi connectivity index (χ0n) is 12.2. The van der Waals surface area contributed by atoms with E-state index in [9.17, 15) is 4.79 Å². The van der Waals surface area contributed by atoms with Crippen molar-refractivity contribution in [3.8, 4) is 0 Å². The number of ether oxygens (including phenoxy) is 1. The summed E-state index contributed by atoms with van der Waals surface area (Å²) < 4.78 is 4.99. The van der Waals surface area contributed by atoms with E-state index in [1.807, 2.05) is 13.8 Å². The maximum atomic E-state index is 11.8. The fourth-order valence-electron chi connectivity index (χ4n) is 1.54. The highest BCUT2D eigenvalue weighted by atomic mass is 16.5. The van der Waals surface area contributed by atoms with E-state index in [1.165, 1.54) is 0 Å². The van der Waals surface area contributed by atoms with Gasteiger partial charge < -0.3 is 20.8 Å². The molecule has 0 aliphatic rings. The zero-order valence-corrected chi connectivity index (χ0v) is 12.2. The van der Waals surface area contributed by atoms with E-state index >= 15 is 0 Å². The van der Waals surface area contributed by atoms with Crippen LogP contribution in [0.2, 0.25) is 0 Å². The molecule has 1 aromatic rings. The minimum absolute atomic E-state index is 0.0856. The van der Waals surface area contributed by atoms with Gasteiger partial charge in [0, 0.05) is 19.2 Å².